The largest absolute Gasteiger partial charge is 0.285 e. The van der Waals surface area contributed by atoms with Crippen LogP contribution in [0.25, 0.3) is 0 Å². The third kappa shape index (κ3) is 2.16. The van der Waals surface area contributed by atoms with Crippen LogP contribution in [0.4, 0.5) is 5.69 Å². The van der Waals surface area contributed by atoms with Gasteiger partial charge in [-0.25, -0.2) is 0 Å². The van der Waals surface area contributed by atoms with E-state index in [9.17, 15) is 4.79 Å². The van der Waals surface area contributed by atoms with E-state index in [4.69, 9.17) is 0 Å². The molecule has 0 bridgehead atoms. The van der Waals surface area contributed by atoms with E-state index in [-0.39, 0.29) is 5.91 Å². The molecular weight excluding hydrogens is 198 g/mol. The van der Waals surface area contributed by atoms with Crippen LogP contribution in [-0.2, 0) is 4.79 Å². The second-order valence-electron chi connectivity index (χ2n) is 4.07. The van der Waals surface area contributed by atoms with Crippen molar-refractivity contribution in [2.45, 2.75) is 32.6 Å². The molecule has 0 unspecified atom stereocenters. The Kier molecular flexibility index (Phi) is 3.40. The lowest BCUT2D eigenvalue weighted by atomic mass is 10.2. The highest BCUT2D eigenvalue weighted by atomic mass is 16.2. The van der Waals surface area contributed by atoms with Gasteiger partial charge in [0.1, 0.15) is 0 Å². The number of anilines is 1. The fraction of sp³-hybridized carbons (Fsp3) is 0.357. The molecule has 0 atom stereocenters. The summed E-state index contributed by atoms with van der Waals surface area (Å²) in [6.07, 6.45) is 5.91. The summed E-state index contributed by atoms with van der Waals surface area (Å²) in [5.41, 5.74) is 2.16. The van der Waals surface area contributed by atoms with Gasteiger partial charge in [-0.1, -0.05) is 37.6 Å². The minimum Gasteiger partial charge on any atom is -0.285 e. The number of carbonyl (C=O) groups excluding carboxylic acids is 1. The molecule has 2 rings (SSSR count). The van der Waals surface area contributed by atoms with E-state index >= 15 is 0 Å². The fourth-order valence-corrected chi connectivity index (χ4v) is 2.01. The first-order chi connectivity index (χ1) is 7.83. The zero-order valence-electron chi connectivity index (χ0n) is 9.65. The lowest BCUT2D eigenvalue weighted by Crippen LogP contribution is -2.24. The van der Waals surface area contributed by atoms with Gasteiger partial charge in [0, 0.05) is 17.8 Å². The average Bonchev–Trinajstić information content (AvgIpc) is 2.69. The van der Waals surface area contributed by atoms with Crippen LogP contribution in [0.15, 0.2) is 42.1 Å². The first-order valence-corrected chi connectivity index (χ1v) is 5.90. The SMILES string of the molecule is CCCCC1=CCC(=O)N1c1ccccc1. The van der Waals surface area contributed by atoms with E-state index in [1.54, 1.807) is 0 Å². The highest BCUT2D eigenvalue weighted by Gasteiger charge is 2.23. The average molecular weight is 215 g/mol. The first-order valence-electron chi connectivity index (χ1n) is 5.90. The molecule has 0 fully saturated rings. The van der Waals surface area contributed by atoms with Crippen LogP contribution in [0.5, 0.6) is 0 Å². The zero-order valence-corrected chi connectivity index (χ0v) is 9.65. The Morgan fingerprint density at radius 2 is 2.00 bits per heavy atom. The van der Waals surface area contributed by atoms with Crippen LogP contribution in [0.1, 0.15) is 32.6 Å². The smallest absolute Gasteiger partial charge is 0.235 e. The maximum Gasteiger partial charge on any atom is 0.235 e. The van der Waals surface area contributed by atoms with Gasteiger partial charge < -0.3 is 0 Å². The molecule has 84 valence electrons. The fourth-order valence-electron chi connectivity index (χ4n) is 2.01. The monoisotopic (exact) mass is 215 g/mol. The third-order valence-corrected chi connectivity index (χ3v) is 2.85. The molecular formula is C14H17NO. The summed E-state index contributed by atoms with van der Waals surface area (Å²) < 4.78 is 0. The third-order valence-electron chi connectivity index (χ3n) is 2.85. The number of hydrogen-bond acceptors (Lipinski definition) is 1. The van der Waals surface area contributed by atoms with Gasteiger partial charge in [-0.15, -0.1) is 0 Å². The molecule has 0 N–H and O–H groups in total. The topological polar surface area (TPSA) is 20.3 Å². The van der Waals surface area contributed by atoms with E-state index in [0.29, 0.717) is 6.42 Å². The molecule has 0 radical (unpaired) electrons. The molecule has 1 aromatic rings. The van der Waals surface area contributed by atoms with Crippen molar-refractivity contribution in [2.75, 3.05) is 4.90 Å². The van der Waals surface area contributed by atoms with Crippen molar-refractivity contribution in [3.05, 3.63) is 42.1 Å². The summed E-state index contributed by atoms with van der Waals surface area (Å²) in [5, 5.41) is 0. The minimum absolute atomic E-state index is 0.192. The number of nitrogens with zero attached hydrogens (tertiary/aromatic N) is 1. The van der Waals surface area contributed by atoms with Crippen LogP contribution in [-0.4, -0.2) is 5.91 Å². The highest BCUT2D eigenvalue weighted by molar-refractivity contribution is 6.00. The number of benzene rings is 1. The van der Waals surface area contributed by atoms with Gasteiger partial charge in [0.2, 0.25) is 5.91 Å². The molecule has 0 spiro atoms. The summed E-state index contributed by atoms with van der Waals surface area (Å²) in [6.45, 7) is 2.17. The van der Waals surface area contributed by atoms with Crippen molar-refractivity contribution in [3.8, 4) is 0 Å². The second-order valence-corrected chi connectivity index (χ2v) is 4.07. The summed E-state index contributed by atoms with van der Waals surface area (Å²) in [4.78, 5) is 13.7. The summed E-state index contributed by atoms with van der Waals surface area (Å²) in [5.74, 6) is 0.192. The molecule has 1 aliphatic heterocycles. The first kappa shape index (κ1) is 10.9. The maximum absolute atomic E-state index is 11.8. The number of para-hydroxylation sites is 1. The van der Waals surface area contributed by atoms with Gasteiger partial charge >= 0.3 is 0 Å². The summed E-state index contributed by atoms with van der Waals surface area (Å²) in [6, 6.07) is 9.89. The van der Waals surface area contributed by atoms with Crippen molar-refractivity contribution in [2.24, 2.45) is 0 Å². The van der Waals surface area contributed by atoms with Crippen LogP contribution in [0.2, 0.25) is 0 Å². The van der Waals surface area contributed by atoms with Crippen LogP contribution >= 0.6 is 0 Å². The van der Waals surface area contributed by atoms with E-state index in [1.807, 2.05) is 35.2 Å². The number of amides is 1. The predicted molar refractivity (Wildman–Crippen MR) is 66.2 cm³/mol. The lowest BCUT2D eigenvalue weighted by Gasteiger charge is -2.20. The van der Waals surface area contributed by atoms with E-state index in [0.717, 1.165) is 30.6 Å². The highest BCUT2D eigenvalue weighted by Crippen LogP contribution is 2.28. The standard InChI is InChI=1S/C14H17NO/c1-2-3-7-13-10-11-14(16)15(13)12-8-5-4-6-9-12/h4-6,8-10H,2-3,7,11H2,1H3. The Morgan fingerprint density at radius 1 is 1.25 bits per heavy atom. The Balaban J connectivity index is 2.18. The molecule has 0 aromatic heterocycles. The molecule has 1 heterocycles. The van der Waals surface area contributed by atoms with Gasteiger partial charge in [-0.3, -0.25) is 9.69 Å². The molecule has 1 aliphatic rings. The maximum atomic E-state index is 11.8. The van der Waals surface area contributed by atoms with Gasteiger partial charge in [0.25, 0.3) is 0 Å². The Hall–Kier alpha value is -1.57. The minimum atomic E-state index is 0.192. The molecule has 0 saturated heterocycles. The molecule has 2 nitrogen and oxygen atoms in total. The number of rotatable bonds is 4. The van der Waals surface area contributed by atoms with Gasteiger partial charge in [0.15, 0.2) is 0 Å². The molecule has 1 aromatic carbocycles. The second kappa shape index (κ2) is 4.97. The zero-order chi connectivity index (χ0) is 11.4. The quantitative estimate of drug-likeness (QED) is 0.752. The number of unbranched alkanes of at least 4 members (excludes halogenated alkanes) is 1. The number of carbonyl (C=O) groups is 1. The molecule has 0 aliphatic carbocycles. The van der Waals surface area contributed by atoms with Crippen LogP contribution < -0.4 is 4.90 Å². The van der Waals surface area contributed by atoms with Crippen molar-refractivity contribution in [1.29, 1.82) is 0 Å². The molecule has 0 saturated carbocycles. The van der Waals surface area contributed by atoms with E-state index in [1.165, 1.54) is 0 Å². The van der Waals surface area contributed by atoms with Crippen LogP contribution in [0, 0.1) is 0 Å². The number of hydrogen-bond donors (Lipinski definition) is 0. The summed E-state index contributed by atoms with van der Waals surface area (Å²) >= 11 is 0. The summed E-state index contributed by atoms with van der Waals surface area (Å²) in [7, 11) is 0. The molecule has 2 heteroatoms. The van der Waals surface area contributed by atoms with Crippen molar-refractivity contribution in [1.82, 2.24) is 0 Å². The Morgan fingerprint density at radius 3 is 2.69 bits per heavy atom. The lowest BCUT2D eigenvalue weighted by molar-refractivity contribution is -0.116. The molecule has 16 heavy (non-hydrogen) atoms. The number of allylic oxidation sites excluding steroid dienone is 1. The van der Waals surface area contributed by atoms with Crippen molar-refractivity contribution in [3.63, 3.8) is 0 Å². The van der Waals surface area contributed by atoms with Gasteiger partial charge in [-0.05, 0) is 25.0 Å². The Bertz CT molecular complexity index is 394. The Labute approximate surface area is 96.6 Å². The van der Waals surface area contributed by atoms with Crippen molar-refractivity contribution >= 4 is 11.6 Å². The van der Waals surface area contributed by atoms with E-state index < -0.39 is 0 Å². The normalized spacial score (nSPS) is 15.4. The molecule has 1 amide bonds. The van der Waals surface area contributed by atoms with Crippen LogP contribution in [0.3, 0.4) is 0 Å². The van der Waals surface area contributed by atoms with Gasteiger partial charge in [0.05, 0.1) is 0 Å². The predicted octanol–water partition coefficient (Wildman–Crippen LogP) is 3.50. The van der Waals surface area contributed by atoms with Crippen molar-refractivity contribution < 1.29 is 4.79 Å². The van der Waals surface area contributed by atoms with Gasteiger partial charge in [-0.2, -0.15) is 0 Å². The van der Waals surface area contributed by atoms with E-state index in [2.05, 4.69) is 13.0 Å².